The third-order valence-electron chi connectivity index (χ3n) is 5.77. The van der Waals surface area contributed by atoms with Crippen LogP contribution in [0.3, 0.4) is 0 Å². The number of carbonyl (C=O) groups excluding carboxylic acids is 3. The summed E-state index contributed by atoms with van der Waals surface area (Å²) in [4.78, 5) is 38.1. The monoisotopic (exact) mass is 456 g/mol. The van der Waals surface area contributed by atoms with E-state index in [2.05, 4.69) is 6.92 Å². The molecule has 0 aromatic heterocycles. The van der Waals surface area contributed by atoms with Crippen molar-refractivity contribution in [3.63, 3.8) is 0 Å². The van der Waals surface area contributed by atoms with Gasteiger partial charge in [0.1, 0.15) is 24.4 Å². The van der Waals surface area contributed by atoms with Gasteiger partial charge < -0.3 is 23.7 Å². The average Bonchev–Trinajstić information content (AvgIpc) is 3.19. The number of ketones is 2. The smallest absolute Gasteiger partial charge is 0.309 e. The van der Waals surface area contributed by atoms with E-state index < -0.39 is 41.9 Å². The first-order valence-electron chi connectivity index (χ1n) is 11.8. The SMILES string of the molecule is CCCCCC[C@H](CC(=O)[C@H]1OC(C)(C)O[C@@H]1[C@@H]1OC(C)(C)O[C@H]1C(C)=O)C(=O)OCC. The molecule has 0 aromatic carbocycles. The predicted octanol–water partition coefficient (Wildman–Crippen LogP) is 3.72. The van der Waals surface area contributed by atoms with E-state index in [4.69, 9.17) is 23.7 Å². The van der Waals surface area contributed by atoms with Crippen LogP contribution in [-0.2, 0) is 38.1 Å². The van der Waals surface area contributed by atoms with E-state index in [0.29, 0.717) is 6.42 Å². The Balaban J connectivity index is 2.18. The van der Waals surface area contributed by atoms with E-state index in [0.717, 1.165) is 25.7 Å². The minimum atomic E-state index is -1.04. The molecular weight excluding hydrogens is 416 g/mol. The summed E-state index contributed by atoms with van der Waals surface area (Å²) in [5.41, 5.74) is 0. The van der Waals surface area contributed by atoms with Gasteiger partial charge in [-0.25, -0.2) is 0 Å². The van der Waals surface area contributed by atoms with Crippen molar-refractivity contribution < 1.29 is 38.1 Å². The van der Waals surface area contributed by atoms with E-state index in [1.807, 2.05) is 0 Å². The highest BCUT2D eigenvalue weighted by atomic mass is 16.8. The Morgan fingerprint density at radius 1 is 0.844 bits per heavy atom. The first kappa shape index (κ1) is 26.9. The molecule has 2 saturated heterocycles. The largest absolute Gasteiger partial charge is 0.466 e. The normalized spacial score (nSPS) is 29.6. The van der Waals surface area contributed by atoms with Crippen molar-refractivity contribution in [3.8, 4) is 0 Å². The van der Waals surface area contributed by atoms with Gasteiger partial charge in [-0.2, -0.15) is 0 Å². The molecule has 2 aliphatic heterocycles. The number of esters is 1. The number of ether oxygens (including phenoxy) is 5. The summed E-state index contributed by atoms with van der Waals surface area (Å²) in [5.74, 6) is -3.39. The maximum absolute atomic E-state index is 13.4. The third-order valence-corrected chi connectivity index (χ3v) is 5.77. The van der Waals surface area contributed by atoms with E-state index in [1.165, 1.54) is 6.92 Å². The van der Waals surface area contributed by atoms with Crippen LogP contribution >= 0.6 is 0 Å². The number of hydrogen-bond acceptors (Lipinski definition) is 8. The second kappa shape index (κ2) is 11.2. The zero-order valence-electron chi connectivity index (χ0n) is 20.6. The molecule has 0 bridgehead atoms. The van der Waals surface area contributed by atoms with E-state index >= 15 is 0 Å². The van der Waals surface area contributed by atoms with Gasteiger partial charge in [-0.05, 0) is 48.0 Å². The number of carbonyl (C=O) groups is 3. The van der Waals surface area contributed by atoms with Crippen molar-refractivity contribution in [2.45, 2.75) is 123 Å². The third kappa shape index (κ3) is 7.07. The zero-order chi connectivity index (χ0) is 24.1. The van der Waals surface area contributed by atoms with Crippen LogP contribution < -0.4 is 0 Å². The summed E-state index contributed by atoms with van der Waals surface area (Å²) in [5, 5.41) is 0. The quantitative estimate of drug-likeness (QED) is 0.324. The molecule has 2 aliphatic rings. The molecule has 0 spiro atoms. The van der Waals surface area contributed by atoms with Crippen LogP contribution in [0.2, 0.25) is 0 Å². The fourth-order valence-corrected chi connectivity index (χ4v) is 4.36. The van der Waals surface area contributed by atoms with Crippen molar-refractivity contribution >= 4 is 17.5 Å². The minimum absolute atomic E-state index is 0.00667. The molecular formula is C24H40O8. The molecule has 0 aromatic rings. The standard InChI is InChI=1S/C24H40O8/c1-8-10-11-12-13-16(22(27)28-9-2)14-17(26)19-21(32-24(6,7)30-19)20-18(15(3)25)29-23(4,5)31-20/h16,18-21H,8-14H2,1-7H3/t16-,18+,19-,20-,21+/m1/s1. The van der Waals surface area contributed by atoms with Gasteiger partial charge in [0.25, 0.3) is 0 Å². The molecule has 32 heavy (non-hydrogen) atoms. The lowest BCUT2D eigenvalue weighted by Crippen LogP contribution is -2.47. The summed E-state index contributed by atoms with van der Waals surface area (Å²) in [6.07, 6.45) is 1.15. The molecule has 2 fully saturated rings. The molecule has 0 N–H and O–H groups in total. The Bertz CT molecular complexity index is 671. The summed E-state index contributed by atoms with van der Waals surface area (Å²) in [7, 11) is 0. The molecule has 0 unspecified atom stereocenters. The molecule has 0 amide bonds. The van der Waals surface area contributed by atoms with Crippen molar-refractivity contribution in [1.82, 2.24) is 0 Å². The average molecular weight is 457 g/mol. The highest BCUT2D eigenvalue weighted by Crippen LogP contribution is 2.39. The summed E-state index contributed by atoms with van der Waals surface area (Å²) >= 11 is 0. The summed E-state index contributed by atoms with van der Waals surface area (Å²) in [6, 6.07) is 0. The molecule has 0 saturated carbocycles. The van der Waals surface area contributed by atoms with Gasteiger partial charge in [0.2, 0.25) is 0 Å². The van der Waals surface area contributed by atoms with Crippen LogP contribution in [0, 0.1) is 5.92 Å². The molecule has 8 heteroatoms. The lowest BCUT2D eigenvalue weighted by Gasteiger charge is -2.25. The van der Waals surface area contributed by atoms with Gasteiger partial charge in [-0.3, -0.25) is 14.4 Å². The Morgan fingerprint density at radius 3 is 1.94 bits per heavy atom. The number of rotatable bonds is 12. The summed E-state index contributed by atoms with van der Waals surface area (Å²) in [6.45, 7) is 12.4. The highest BCUT2D eigenvalue weighted by Gasteiger charge is 2.56. The number of Topliss-reactive ketones (excluding diaryl/α,β-unsaturated/α-hetero) is 2. The van der Waals surface area contributed by atoms with Gasteiger partial charge >= 0.3 is 5.97 Å². The lowest BCUT2D eigenvalue weighted by atomic mass is 9.90. The van der Waals surface area contributed by atoms with Crippen LogP contribution in [0.4, 0.5) is 0 Å². The van der Waals surface area contributed by atoms with Crippen LogP contribution in [0.15, 0.2) is 0 Å². The number of unbranched alkanes of at least 4 members (excludes halogenated alkanes) is 3. The number of hydrogen-bond donors (Lipinski definition) is 0. The van der Waals surface area contributed by atoms with Gasteiger partial charge in [0.05, 0.1) is 12.5 Å². The Morgan fingerprint density at radius 2 is 1.41 bits per heavy atom. The minimum Gasteiger partial charge on any atom is -0.466 e. The molecule has 2 heterocycles. The van der Waals surface area contributed by atoms with Crippen molar-refractivity contribution in [1.29, 1.82) is 0 Å². The van der Waals surface area contributed by atoms with Crippen molar-refractivity contribution in [3.05, 3.63) is 0 Å². The Labute approximate surface area is 191 Å². The molecule has 8 nitrogen and oxygen atoms in total. The highest BCUT2D eigenvalue weighted by molar-refractivity contribution is 5.88. The predicted molar refractivity (Wildman–Crippen MR) is 117 cm³/mol. The van der Waals surface area contributed by atoms with Gasteiger partial charge in [-0.1, -0.05) is 32.6 Å². The zero-order valence-corrected chi connectivity index (χ0v) is 20.6. The summed E-state index contributed by atoms with van der Waals surface area (Å²) < 4.78 is 28.9. The van der Waals surface area contributed by atoms with Crippen LogP contribution in [-0.4, -0.2) is 60.1 Å². The van der Waals surface area contributed by atoms with E-state index in [9.17, 15) is 14.4 Å². The fourth-order valence-electron chi connectivity index (χ4n) is 4.36. The van der Waals surface area contributed by atoms with Gasteiger partial charge in [0.15, 0.2) is 23.1 Å². The lowest BCUT2D eigenvalue weighted by molar-refractivity contribution is -0.175. The fraction of sp³-hybridized carbons (Fsp3) is 0.875. The Hall–Kier alpha value is -1.35. The van der Waals surface area contributed by atoms with Crippen LogP contribution in [0.25, 0.3) is 0 Å². The van der Waals surface area contributed by atoms with Gasteiger partial charge in [0, 0.05) is 6.42 Å². The molecule has 5 atom stereocenters. The topological polar surface area (TPSA) is 97.4 Å². The molecule has 0 radical (unpaired) electrons. The first-order chi connectivity index (χ1) is 14.9. The van der Waals surface area contributed by atoms with Crippen LogP contribution in [0.5, 0.6) is 0 Å². The molecule has 184 valence electrons. The maximum Gasteiger partial charge on any atom is 0.309 e. The van der Waals surface area contributed by atoms with Crippen LogP contribution in [0.1, 0.15) is 87.0 Å². The van der Waals surface area contributed by atoms with E-state index in [1.54, 1.807) is 34.6 Å². The second-order valence-electron chi connectivity index (χ2n) is 9.62. The maximum atomic E-state index is 13.4. The second-order valence-corrected chi connectivity index (χ2v) is 9.62. The molecule has 2 rings (SSSR count). The molecule has 0 aliphatic carbocycles. The van der Waals surface area contributed by atoms with Crippen molar-refractivity contribution in [2.75, 3.05) is 6.61 Å². The van der Waals surface area contributed by atoms with E-state index in [-0.39, 0.29) is 30.6 Å². The Kier molecular flexibility index (Phi) is 9.40. The van der Waals surface area contributed by atoms with Crippen molar-refractivity contribution in [2.24, 2.45) is 5.92 Å². The first-order valence-corrected chi connectivity index (χ1v) is 11.8. The van der Waals surface area contributed by atoms with Gasteiger partial charge in [-0.15, -0.1) is 0 Å².